The number of hydrogen-bond acceptors (Lipinski definition) is 5. The molecule has 1 aliphatic heterocycles. The van der Waals surface area contributed by atoms with Crippen molar-refractivity contribution in [2.75, 3.05) is 13.2 Å². The van der Waals surface area contributed by atoms with Crippen LogP contribution in [0.1, 0.15) is 27.2 Å². The SMILES string of the molecule is CC(C)(C)OC(=O)N1C[C@@H](C#N)C[C@H]1C(=O)CO. The van der Waals surface area contributed by atoms with Gasteiger partial charge in [-0.2, -0.15) is 5.26 Å². The Labute approximate surface area is 106 Å². The maximum atomic E-state index is 11.9. The molecule has 0 spiro atoms. The van der Waals surface area contributed by atoms with Crippen molar-refractivity contribution in [1.29, 1.82) is 5.26 Å². The minimum absolute atomic E-state index is 0.168. The summed E-state index contributed by atoms with van der Waals surface area (Å²) in [5.74, 6) is -0.850. The minimum Gasteiger partial charge on any atom is -0.444 e. The predicted octanol–water partition coefficient (Wildman–Crippen LogP) is 0.697. The summed E-state index contributed by atoms with van der Waals surface area (Å²) in [5, 5.41) is 17.7. The van der Waals surface area contributed by atoms with Gasteiger partial charge < -0.3 is 9.84 Å². The van der Waals surface area contributed by atoms with Crippen molar-refractivity contribution in [3.8, 4) is 6.07 Å². The van der Waals surface area contributed by atoms with Gasteiger partial charge in [-0.05, 0) is 27.2 Å². The fourth-order valence-electron chi connectivity index (χ4n) is 1.86. The first-order chi connectivity index (χ1) is 8.28. The van der Waals surface area contributed by atoms with Crippen LogP contribution in [0.25, 0.3) is 0 Å². The lowest BCUT2D eigenvalue weighted by atomic mass is 10.1. The van der Waals surface area contributed by atoms with Gasteiger partial charge in [0.2, 0.25) is 0 Å². The molecule has 0 unspecified atom stereocenters. The van der Waals surface area contributed by atoms with Crippen molar-refractivity contribution in [2.24, 2.45) is 5.92 Å². The lowest BCUT2D eigenvalue weighted by Gasteiger charge is -2.27. The highest BCUT2D eigenvalue weighted by Gasteiger charge is 2.40. The van der Waals surface area contributed by atoms with Crippen molar-refractivity contribution in [2.45, 2.75) is 38.8 Å². The normalized spacial score (nSPS) is 23.6. The van der Waals surface area contributed by atoms with Crippen molar-refractivity contribution in [1.82, 2.24) is 4.90 Å². The van der Waals surface area contributed by atoms with Crippen LogP contribution in [0, 0.1) is 17.2 Å². The largest absolute Gasteiger partial charge is 0.444 e. The van der Waals surface area contributed by atoms with E-state index in [1.165, 1.54) is 4.90 Å². The summed E-state index contributed by atoms with van der Waals surface area (Å²) >= 11 is 0. The van der Waals surface area contributed by atoms with Crippen LogP contribution in [0.15, 0.2) is 0 Å². The van der Waals surface area contributed by atoms with Gasteiger partial charge in [0.1, 0.15) is 12.2 Å². The zero-order valence-electron chi connectivity index (χ0n) is 10.8. The molecule has 0 aliphatic carbocycles. The molecule has 0 aromatic heterocycles. The van der Waals surface area contributed by atoms with E-state index in [1.54, 1.807) is 20.8 Å². The van der Waals surface area contributed by atoms with Crippen molar-refractivity contribution >= 4 is 11.9 Å². The van der Waals surface area contributed by atoms with Crippen LogP contribution in [0.5, 0.6) is 0 Å². The zero-order valence-corrected chi connectivity index (χ0v) is 10.8. The molecule has 1 N–H and O–H groups in total. The lowest BCUT2D eigenvalue weighted by Crippen LogP contribution is -2.44. The number of carbonyl (C=O) groups excluding carboxylic acids is 2. The standard InChI is InChI=1S/C12H18N2O4/c1-12(2,3)18-11(17)14-6-8(5-13)4-9(14)10(16)7-15/h8-9,15H,4,6-7H2,1-3H3/t8-,9+/m1/s1. The molecular formula is C12H18N2O4. The van der Waals surface area contributed by atoms with Crippen molar-refractivity contribution < 1.29 is 19.4 Å². The van der Waals surface area contributed by atoms with Gasteiger partial charge in [0.05, 0.1) is 18.0 Å². The van der Waals surface area contributed by atoms with Crippen molar-refractivity contribution in [3.05, 3.63) is 0 Å². The number of ketones is 1. The first-order valence-electron chi connectivity index (χ1n) is 5.81. The maximum Gasteiger partial charge on any atom is 0.410 e. The van der Waals surface area contributed by atoms with Crippen LogP contribution in [0.2, 0.25) is 0 Å². The highest BCUT2D eigenvalue weighted by Crippen LogP contribution is 2.25. The number of amides is 1. The van der Waals surface area contributed by atoms with Crippen LogP contribution < -0.4 is 0 Å². The summed E-state index contributed by atoms with van der Waals surface area (Å²) in [6.45, 7) is 4.72. The van der Waals surface area contributed by atoms with E-state index < -0.39 is 36.0 Å². The van der Waals surface area contributed by atoms with Gasteiger partial charge in [0.15, 0.2) is 5.78 Å². The van der Waals surface area contributed by atoms with Crippen LogP contribution >= 0.6 is 0 Å². The Morgan fingerprint density at radius 3 is 2.56 bits per heavy atom. The molecule has 6 heteroatoms. The summed E-state index contributed by atoms with van der Waals surface area (Å²) in [6, 6.07) is 1.28. The molecule has 6 nitrogen and oxygen atoms in total. The van der Waals surface area contributed by atoms with Crippen LogP contribution in [-0.2, 0) is 9.53 Å². The molecule has 0 radical (unpaired) electrons. The maximum absolute atomic E-state index is 11.9. The summed E-state index contributed by atoms with van der Waals surface area (Å²) < 4.78 is 5.18. The first kappa shape index (κ1) is 14.5. The summed E-state index contributed by atoms with van der Waals surface area (Å²) in [6.07, 6.45) is -0.359. The van der Waals surface area contributed by atoms with E-state index in [2.05, 4.69) is 0 Å². The number of aliphatic hydroxyl groups is 1. The van der Waals surface area contributed by atoms with Gasteiger partial charge in [-0.25, -0.2) is 4.79 Å². The van der Waals surface area contributed by atoms with E-state index in [4.69, 9.17) is 15.1 Å². The van der Waals surface area contributed by atoms with E-state index in [0.717, 1.165) is 0 Å². The fourth-order valence-corrected chi connectivity index (χ4v) is 1.86. The number of nitriles is 1. The van der Waals surface area contributed by atoms with Gasteiger partial charge in [-0.15, -0.1) is 0 Å². The van der Waals surface area contributed by atoms with E-state index in [-0.39, 0.29) is 13.0 Å². The number of carbonyl (C=O) groups is 2. The molecule has 1 amide bonds. The van der Waals surface area contributed by atoms with Crippen molar-refractivity contribution in [3.63, 3.8) is 0 Å². The highest BCUT2D eigenvalue weighted by molar-refractivity contribution is 5.88. The second-order valence-electron chi connectivity index (χ2n) is 5.33. The Morgan fingerprint density at radius 2 is 2.11 bits per heavy atom. The minimum atomic E-state index is -0.755. The van der Waals surface area contributed by atoms with Gasteiger partial charge in [0.25, 0.3) is 0 Å². The van der Waals surface area contributed by atoms with E-state index in [1.807, 2.05) is 6.07 Å². The second-order valence-corrected chi connectivity index (χ2v) is 5.33. The van der Waals surface area contributed by atoms with Gasteiger partial charge in [-0.1, -0.05) is 0 Å². The first-order valence-corrected chi connectivity index (χ1v) is 5.81. The molecule has 18 heavy (non-hydrogen) atoms. The van der Waals surface area contributed by atoms with Gasteiger partial charge in [0, 0.05) is 6.54 Å². The Bertz CT molecular complexity index is 381. The molecular weight excluding hydrogens is 236 g/mol. The Morgan fingerprint density at radius 1 is 1.50 bits per heavy atom. The average molecular weight is 254 g/mol. The summed E-state index contributed by atoms with van der Waals surface area (Å²) in [7, 11) is 0. The topological polar surface area (TPSA) is 90.6 Å². The molecule has 1 saturated heterocycles. The molecule has 0 saturated carbocycles. The molecule has 1 fully saturated rings. The number of ether oxygens (including phenoxy) is 1. The fraction of sp³-hybridized carbons (Fsp3) is 0.750. The third-order valence-electron chi connectivity index (χ3n) is 2.64. The van der Waals surface area contributed by atoms with E-state index in [9.17, 15) is 9.59 Å². The second kappa shape index (κ2) is 5.36. The number of nitrogens with zero attached hydrogens (tertiary/aromatic N) is 2. The Kier molecular flexibility index (Phi) is 4.30. The quantitative estimate of drug-likeness (QED) is 0.783. The average Bonchev–Trinajstić information content (AvgIpc) is 2.69. The molecule has 1 heterocycles. The number of hydrogen-bond donors (Lipinski definition) is 1. The molecule has 1 aliphatic rings. The summed E-state index contributed by atoms with van der Waals surface area (Å²) in [5.41, 5.74) is -0.658. The molecule has 0 bridgehead atoms. The van der Waals surface area contributed by atoms with Crippen LogP contribution in [0.4, 0.5) is 4.79 Å². The van der Waals surface area contributed by atoms with E-state index >= 15 is 0 Å². The predicted molar refractivity (Wildman–Crippen MR) is 62.5 cm³/mol. The summed E-state index contributed by atoms with van der Waals surface area (Å²) in [4.78, 5) is 24.7. The van der Waals surface area contributed by atoms with Crippen LogP contribution in [0.3, 0.4) is 0 Å². The van der Waals surface area contributed by atoms with Gasteiger partial charge >= 0.3 is 6.09 Å². The Balaban J connectivity index is 2.81. The lowest BCUT2D eigenvalue weighted by molar-refractivity contribution is -0.126. The molecule has 0 aromatic rings. The third kappa shape index (κ3) is 3.44. The zero-order chi connectivity index (χ0) is 13.9. The smallest absolute Gasteiger partial charge is 0.410 e. The molecule has 100 valence electrons. The number of likely N-dealkylation sites (tertiary alicyclic amines) is 1. The number of aliphatic hydroxyl groups excluding tert-OH is 1. The highest BCUT2D eigenvalue weighted by atomic mass is 16.6. The Hall–Kier alpha value is -1.61. The number of Topliss-reactive ketones (excluding diaryl/α,β-unsaturated/α-hetero) is 1. The van der Waals surface area contributed by atoms with E-state index in [0.29, 0.717) is 0 Å². The molecule has 2 atom stereocenters. The molecule has 1 rings (SSSR count). The van der Waals surface area contributed by atoms with Crippen LogP contribution in [-0.4, -0.2) is 46.7 Å². The molecule has 0 aromatic carbocycles. The third-order valence-corrected chi connectivity index (χ3v) is 2.64. The number of rotatable bonds is 2. The monoisotopic (exact) mass is 254 g/mol. The van der Waals surface area contributed by atoms with Gasteiger partial charge in [-0.3, -0.25) is 9.69 Å².